The molecule has 0 aromatic heterocycles. The van der Waals surface area contributed by atoms with Gasteiger partial charge in [-0.25, -0.2) is 4.79 Å². The van der Waals surface area contributed by atoms with Crippen molar-refractivity contribution in [3.63, 3.8) is 0 Å². The number of benzene rings is 2. The maximum Gasteiger partial charge on any atom is 0.319 e. The lowest BCUT2D eigenvalue weighted by Gasteiger charge is -2.16. The maximum absolute atomic E-state index is 12.0. The molecule has 0 saturated carbocycles. The Morgan fingerprint density at radius 2 is 1.90 bits per heavy atom. The van der Waals surface area contributed by atoms with Gasteiger partial charge in [0.15, 0.2) is 0 Å². The highest BCUT2D eigenvalue weighted by molar-refractivity contribution is 9.10. The zero-order valence-electron chi connectivity index (χ0n) is 11.5. The Kier molecular flexibility index (Phi) is 4.79. The Balaban J connectivity index is 2.00. The largest absolute Gasteiger partial charge is 0.331 e. The number of amides is 2. The summed E-state index contributed by atoms with van der Waals surface area (Å²) in [6, 6.07) is 15.3. The first-order valence-electron chi connectivity index (χ1n) is 6.45. The van der Waals surface area contributed by atoms with Crippen LogP contribution in [0.1, 0.15) is 24.1 Å². The van der Waals surface area contributed by atoms with Crippen LogP contribution in [0.25, 0.3) is 0 Å². The Labute approximate surface area is 127 Å². The van der Waals surface area contributed by atoms with Crippen molar-refractivity contribution in [3.8, 4) is 0 Å². The summed E-state index contributed by atoms with van der Waals surface area (Å²) in [5.74, 6) is 0. The SMILES string of the molecule is Cc1cccc(NC(=O)NC(C)c2ccccc2Br)c1. The monoisotopic (exact) mass is 332 g/mol. The van der Waals surface area contributed by atoms with Crippen molar-refractivity contribution >= 4 is 27.6 Å². The van der Waals surface area contributed by atoms with Crippen LogP contribution < -0.4 is 10.6 Å². The molecule has 1 unspecified atom stereocenters. The molecule has 0 saturated heterocycles. The van der Waals surface area contributed by atoms with Crippen molar-refractivity contribution in [1.29, 1.82) is 0 Å². The molecule has 104 valence electrons. The van der Waals surface area contributed by atoms with E-state index in [1.807, 2.05) is 62.4 Å². The van der Waals surface area contributed by atoms with E-state index in [4.69, 9.17) is 0 Å². The number of carbonyl (C=O) groups is 1. The number of halogens is 1. The van der Waals surface area contributed by atoms with Gasteiger partial charge in [-0.15, -0.1) is 0 Å². The van der Waals surface area contributed by atoms with E-state index in [2.05, 4.69) is 26.6 Å². The predicted octanol–water partition coefficient (Wildman–Crippen LogP) is 4.64. The van der Waals surface area contributed by atoms with Crippen molar-refractivity contribution in [3.05, 3.63) is 64.1 Å². The van der Waals surface area contributed by atoms with Crippen LogP contribution in [-0.4, -0.2) is 6.03 Å². The molecule has 2 N–H and O–H groups in total. The minimum absolute atomic E-state index is 0.0737. The van der Waals surface area contributed by atoms with Crippen LogP contribution in [0.15, 0.2) is 53.0 Å². The maximum atomic E-state index is 12.0. The summed E-state index contributed by atoms with van der Waals surface area (Å²) in [7, 11) is 0. The van der Waals surface area contributed by atoms with Gasteiger partial charge in [0.2, 0.25) is 0 Å². The highest BCUT2D eigenvalue weighted by atomic mass is 79.9. The third-order valence-electron chi connectivity index (χ3n) is 3.00. The number of carbonyl (C=O) groups excluding carboxylic acids is 1. The number of rotatable bonds is 3. The summed E-state index contributed by atoms with van der Waals surface area (Å²) >= 11 is 3.49. The van der Waals surface area contributed by atoms with Crippen LogP contribution in [0.2, 0.25) is 0 Å². The summed E-state index contributed by atoms with van der Waals surface area (Å²) in [5.41, 5.74) is 2.95. The highest BCUT2D eigenvalue weighted by Gasteiger charge is 2.11. The smallest absolute Gasteiger partial charge is 0.319 e. The lowest BCUT2D eigenvalue weighted by Crippen LogP contribution is -2.31. The fraction of sp³-hybridized carbons (Fsp3) is 0.188. The molecule has 3 nitrogen and oxygen atoms in total. The number of hydrogen-bond donors (Lipinski definition) is 2. The molecule has 2 amide bonds. The van der Waals surface area contributed by atoms with Gasteiger partial charge in [-0.05, 0) is 43.2 Å². The normalized spacial score (nSPS) is 11.8. The number of urea groups is 1. The molecule has 0 aliphatic heterocycles. The van der Waals surface area contributed by atoms with Gasteiger partial charge in [0, 0.05) is 10.2 Å². The molecule has 20 heavy (non-hydrogen) atoms. The van der Waals surface area contributed by atoms with Gasteiger partial charge in [-0.2, -0.15) is 0 Å². The van der Waals surface area contributed by atoms with Gasteiger partial charge in [0.1, 0.15) is 0 Å². The van der Waals surface area contributed by atoms with E-state index >= 15 is 0 Å². The number of aryl methyl sites for hydroxylation is 1. The van der Waals surface area contributed by atoms with E-state index in [1.165, 1.54) is 0 Å². The van der Waals surface area contributed by atoms with E-state index < -0.39 is 0 Å². The molecule has 0 radical (unpaired) electrons. The first-order chi connectivity index (χ1) is 9.56. The fourth-order valence-electron chi connectivity index (χ4n) is 1.99. The highest BCUT2D eigenvalue weighted by Crippen LogP contribution is 2.22. The van der Waals surface area contributed by atoms with Crippen LogP contribution in [-0.2, 0) is 0 Å². The Morgan fingerprint density at radius 3 is 2.60 bits per heavy atom. The molecule has 0 aliphatic carbocycles. The predicted molar refractivity (Wildman–Crippen MR) is 85.9 cm³/mol. The zero-order chi connectivity index (χ0) is 14.5. The van der Waals surface area contributed by atoms with E-state index in [0.29, 0.717) is 0 Å². The average Bonchev–Trinajstić information content (AvgIpc) is 2.38. The standard InChI is InChI=1S/C16H17BrN2O/c1-11-6-5-7-13(10-11)19-16(20)18-12(2)14-8-3-4-9-15(14)17/h3-10,12H,1-2H3,(H2,18,19,20). The fourth-order valence-corrected chi connectivity index (χ4v) is 2.62. The summed E-state index contributed by atoms with van der Waals surface area (Å²) in [6.45, 7) is 3.95. The van der Waals surface area contributed by atoms with Crippen LogP contribution in [0, 0.1) is 6.92 Å². The van der Waals surface area contributed by atoms with E-state index in [9.17, 15) is 4.79 Å². The molecular formula is C16H17BrN2O. The molecule has 0 bridgehead atoms. The van der Waals surface area contributed by atoms with Crippen LogP contribution in [0.5, 0.6) is 0 Å². The number of hydrogen-bond acceptors (Lipinski definition) is 1. The third kappa shape index (κ3) is 3.84. The van der Waals surface area contributed by atoms with Crippen molar-refractivity contribution in [1.82, 2.24) is 5.32 Å². The molecule has 4 heteroatoms. The summed E-state index contributed by atoms with van der Waals surface area (Å²) < 4.78 is 0.989. The molecule has 2 aromatic rings. The second-order valence-electron chi connectivity index (χ2n) is 4.71. The summed E-state index contributed by atoms with van der Waals surface area (Å²) in [5, 5.41) is 5.76. The number of nitrogens with one attached hydrogen (secondary N) is 2. The first kappa shape index (κ1) is 14.6. The molecule has 0 heterocycles. The lowest BCUT2D eigenvalue weighted by molar-refractivity contribution is 0.249. The van der Waals surface area contributed by atoms with Crippen LogP contribution in [0.3, 0.4) is 0 Å². The summed E-state index contributed by atoms with van der Waals surface area (Å²) in [6.07, 6.45) is 0. The quantitative estimate of drug-likeness (QED) is 0.844. The van der Waals surface area contributed by atoms with E-state index in [0.717, 1.165) is 21.3 Å². The molecule has 0 aliphatic rings. The molecule has 2 aromatic carbocycles. The second kappa shape index (κ2) is 6.57. The molecular weight excluding hydrogens is 316 g/mol. The van der Waals surface area contributed by atoms with Gasteiger partial charge in [0.05, 0.1) is 6.04 Å². The third-order valence-corrected chi connectivity index (χ3v) is 3.72. The van der Waals surface area contributed by atoms with Gasteiger partial charge < -0.3 is 10.6 Å². The molecule has 2 rings (SSSR count). The second-order valence-corrected chi connectivity index (χ2v) is 5.57. The zero-order valence-corrected chi connectivity index (χ0v) is 13.1. The first-order valence-corrected chi connectivity index (χ1v) is 7.24. The van der Waals surface area contributed by atoms with E-state index in [1.54, 1.807) is 0 Å². The van der Waals surface area contributed by atoms with E-state index in [-0.39, 0.29) is 12.1 Å². The topological polar surface area (TPSA) is 41.1 Å². The van der Waals surface area contributed by atoms with Crippen molar-refractivity contribution in [2.24, 2.45) is 0 Å². The Morgan fingerprint density at radius 1 is 1.15 bits per heavy atom. The van der Waals surface area contributed by atoms with Gasteiger partial charge >= 0.3 is 6.03 Å². The van der Waals surface area contributed by atoms with Crippen LogP contribution >= 0.6 is 15.9 Å². The lowest BCUT2D eigenvalue weighted by atomic mass is 10.1. The van der Waals surface area contributed by atoms with Gasteiger partial charge in [-0.1, -0.05) is 46.3 Å². The van der Waals surface area contributed by atoms with Crippen LogP contribution in [0.4, 0.5) is 10.5 Å². The molecule has 0 fully saturated rings. The average molecular weight is 333 g/mol. The van der Waals surface area contributed by atoms with Gasteiger partial charge in [-0.3, -0.25) is 0 Å². The minimum Gasteiger partial charge on any atom is -0.331 e. The van der Waals surface area contributed by atoms with Crippen molar-refractivity contribution in [2.45, 2.75) is 19.9 Å². The van der Waals surface area contributed by atoms with Crippen molar-refractivity contribution in [2.75, 3.05) is 5.32 Å². The van der Waals surface area contributed by atoms with Gasteiger partial charge in [0.25, 0.3) is 0 Å². The minimum atomic E-state index is -0.209. The van der Waals surface area contributed by atoms with Crippen molar-refractivity contribution < 1.29 is 4.79 Å². The number of anilines is 1. The summed E-state index contributed by atoms with van der Waals surface area (Å²) in [4.78, 5) is 12.0. The molecule has 1 atom stereocenters. The Hall–Kier alpha value is -1.81. The molecule has 0 spiro atoms. The Bertz CT molecular complexity index is 613.